The van der Waals surface area contributed by atoms with Crippen molar-refractivity contribution in [3.63, 3.8) is 0 Å². The summed E-state index contributed by atoms with van der Waals surface area (Å²) in [6, 6.07) is 0. The molecule has 2 aromatic rings. The highest BCUT2D eigenvalue weighted by Crippen LogP contribution is 2.30. The maximum Gasteiger partial charge on any atom is 0.232 e. The van der Waals surface area contributed by atoms with Crippen LogP contribution >= 0.6 is 34.4 Å². The molecule has 0 saturated carbocycles. The Bertz CT molecular complexity index is 733. The number of nitrogens with two attached hydrogens (primary N) is 1. The van der Waals surface area contributed by atoms with Crippen LogP contribution in [0.1, 0.15) is 38.3 Å². The third-order valence-corrected chi connectivity index (χ3v) is 6.52. The number of thioether (sulfide) groups is 1. The highest BCUT2D eigenvalue weighted by Gasteiger charge is 2.18. The smallest absolute Gasteiger partial charge is 0.232 e. The lowest BCUT2D eigenvalue weighted by Crippen LogP contribution is -2.22. The fraction of sp³-hybridized carbons (Fsp3) is 0.467. The van der Waals surface area contributed by atoms with E-state index in [2.05, 4.69) is 36.1 Å². The van der Waals surface area contributed by atoms with Crippen LogP contribution in [0.25, 0.3) is 0 Å². The first-order valence-electron chi connectivity index (χ1n) is 7.31. The van der Waals surface area contributed by atoms with E-state index in [1.54, 1.807) is 13.1 Å². The van der Waals surface area contributed by atoms with Crippen LogP contribution in [0.2, 0.25) is 0 Å². The number of hydrogen-bond acceptors (Lipinski definition) is 7. The number of rotatable bonds is 6. The Hall–Kier alpha value is -1.45. The van der Waals surface area contributed by atoms with Gasteiger partial charge in [-0.05, 0) is 12.3 Å². The van der Waals surface area contributed by atoms with Crippen LogP contribution in [0.15, 0.2) is 15.9 Å². The van der Waals surface area contributed by atoms with Crippen molar-refractivity contribution in [3.8, 4) is 0 Å². The van der Waals surface area contributed by atoms with Crippen molar-refractivity contribution in [2.24, 2.45) is 5.73 Å². The Morgan fingerprint density at radius 2 is 2.12 bits per heavy atom. The first-order valence-corrected chi connectivity index (χ1v) is 9.89. The van der Waals surface area contributed by atoms with Crippen molar-refractivity contribution in [1.82, 2.24) is 9.97 Å². The van der Waals surface area contributed by atoms with E-state index >= 15 is 0 Å². The van der Waals surface area contributed by atoms with Gasteiger partial charge in [0.2, 0.25) is 11.8 Å². The molecule has 0 aromatic carbocycles. The van der Waals surface area contributed by atoms with Gasteiger partial charge in [0.1, 0.15) is 0 Å². The Kier molecular flexibility index (Phi) is 6.00. The van der Waals surface area contributed by atoms with Crippen molar-refractivity contribution in [2.45, 2.75) is 49.1 Å². The summed E-state index contributed by atoms with van der Waals surface area (Å²) in [6.45, 7) is 8.05. The molecular weight excluding hydrogens is 364 g/mol. The monoisotopic (exact) mass is 384 g/mol. The molecule has 0 aliphatic heterocycles. The molecule has 0 aliphatic carbocycles. The molecular formula is C15H20N4O2S3. The largest absolute Gasteiger partial charge is 0.369 e. The van der Waals surface area contributed by atoms with Crippen LogP contribution in [-0.2, 0) is 21.4 Å². The Labute approximate surface area is 153 Å². The van der Waals surface area contributed by atoms with Crippen LogP contribution in [-0.4, -0.2) is 27.0 Å². The molecule has 0 spiro atoms. The van der Waals surface area contributed by atoms with E-state index in [1.165, 1.54) is 34.4 Å². The third-order valence-electron chi connectivity index (χ3n) is 3.04. The molecule has 0 radical (unpaired) electrons. The summed E-state index contributed by atoms with van der Waals surface area (Å²) >= 11 is 4.18. The zero-order chi connectivity index (χ0) is 17.9. The van der Waals surface area contributed by atoms with Crippen molar-refractivity contribution in [2.75, 3.05) is 5.32 Å². The molecule has 3 N–H and O–H groups in total. The van der Waals surface area contributed by atoms with Crippen molar-refractivity contribution >= 4 is 51.4 Å². The lowest BCUT2D eigenvalue weighted by Gasteiger charge is -2.14. The van der Waals surface area contributed by atoms with E-state index in [9.17, 15) is 9.59 Å². The first kappa shape index (κ1) is 18.9. The average Bonchev–Trinajstić information content (AvgIpc) is 3.07. The Morgan fingerprint density at radius 3 is 2.71 bits per heavy atom. The van der Waals surface area contributed by atoms with Gasteiger partial charge in [0, 0.05) is 16.5 Å². The van der Waals surface area contributed by atoms with Crippen LogP contribution < -0.4 is 11.1 Å². The highest BCUT2D eigenvalue weighted by atomic mass is 32.2. The number of nitrogens with one attached hydrogen (secondary N) is 1. The second-order valence-corrected chi connectivity index (χ2v) is 9.75. The fourth-order valence-electron chi connectivity index (χ4n) is 1.64. The molecule has 1 unspecified atom stereocenters. The SMILES string of the molecule is CC(Sc1nc(CC(=O)Nc2ncc(C(C)(C)C)s2)cs1)C(N)=O. The van der Waals surface area contributed by atoms with Gasteiger partial charge in [0.15, 0.2) is 9.47 Å². The standard InChI is InChI=1S/C15H20N4O2S3/c1-8(12(16)21)23-14-18-9(7-22-14)5-11(20)19-13-17-6-10(24-13)15(2,3)4/h6-8H,5H2,1-4H3,(H2,16,21)(H,17,19,20). The summed E-state index contributed by atoms with van der Waals surface area (Å²) < 4.78 is 0.730. The molecule has 2 amide bonds. The van der Waals surface area contributed by atoms with E-state index < -0.39 is 0 Å². The molecule has 1 atom stereocenters. The van der Waals surface area contributed by atoms with Crippen molar-refractivity contribution in [3.05, 3.63) is 22.1 Å². The number of aromatic nitrogens is 2. The average molecular weight is 385 g/mol. The van der Waals surface area contributed by atoms with Gasteiger partial charge in [0.25, 0.3) is 0 Å². The molecule has 2 aromatic heterocycles. The number of anilines is 1. The topological polar surface area (TPSA) is 98.0 Å². The second kappa shape index (κ2) is 7.62. The summed E-state index contributed by atoms with van der Waals surface area (Å²) in [7, 11) is 0. The summed E-state index contributed by atoms with van der Waals surface area (Å²) in [5, 5.41) is 4.87. The van der Waals surface area contributed by atoms with Gasteiger partial charge in [-0.15, -0.1) is 22.7 Å². The molecule has 2 rings (SSSR count). The molecule has 9 heteroatoms. The number of primary amides is 1. The van der Waals surface area contributed by atoms with Crippen molar-refractivity contribution < 1.29 is 9.59 Å². The molecule has 24 heavy (non-hydrogen) atoms. The number of hydrogen-bond donors (Lipinski definition) is 2. The number of carbonyl (C=O) groups excluding carboxylic acids is 2. The minimum atomic E-state index is -0.382. The van der Waals surface area contributed by atoms with E-state index in [0.29, 0.717) is 10.8 Å². The number of amides is 2. The van der Waals surface area contributed by atoms with Gasteiger partial charge in [-0.3, -0.25) is 9.59 Å². The van der Waals surface area contributed by atoms with Crippen LogP contribution in [0, 0.1) is 0 Å². The lowest BCUT2D eigenvalue weighted by atomic mass is 9.96. The predicted octanol–water partition coefficient (Wildman–Crippen LogP) is 3.04. The zero-order valence-corrected chi connectivity index (χ0v) is 16.4. The van der Waals surface area contributed by atoms with Gasteiger partial charge >= 0.3 is 0 Å². The molecule has 2 heterocycles. The minimum absolute atomic E-state index is 0.0127. The number of thiazole rings is 2. The van der Waals surface area contributed by atoms with E-state index in [-0.39, 0.29) is 28.9 Å². The van der Waals surface area contributed by atoms with Gasteiger partial charge in [-0.25, -0.2) is 9.97 Å². The number of carbonyl (C=O) groups is 2. The highest BCUT2D eigenvalue weighted by molar-refractivity contribution is 8.02. The third kappa shape index (κ3) is 5.29. The minimum Gasteiger partial charge on any atom is -0.369 e. The van der Waals surface area contributed by atoms with Crippen LogP contribution in [0.4, 0.5) is 5.13 Å². The maximum atomic E-state index is 12.1. The summed E-state index contributed by atoms with van der Waals surface area (Å²) in [5.41, 5.74) is 5.92. The Morgan fingerprint density at radius 1 is 1.42 bits per heavy atom. The first-order chi connectivity index (χ1) is 11.1. The maximum absolute atomic E-state index is 12.1. The quantitative estimate of drug-likeness (QED) is 0.746. The van der Waals surface area contributed by atoms with Gasteiger partial charge < -0.3 is 11.1 Å². The van der Waals surface area contributed by atoms with E-state index in [4.69, 9.17) is 5.73 Å². The van der Waals surface area contributed by atoms with Crippen molar-refractivity contribution in [1.29, 1.82) is 0 Å². The molecule has 0 bridgehead atoms. The van der Waals surface area contributed by atoms with E-state index in [0.717, 1.165) is 9.22 Å². The lowest BCUT2D eigenvalue weighted by molar-refractivity contribution is -0.117. The van der Waals surface area contributed by atoms with E-state index in [1.807, 2.05) is 5.38 Å². The summed E-state index contributed by atoms with van der Waals surface area (Å²) in [5.74, 6) is -0.539. The molecule has 130 valence electrons. The summed E-state index contributed by atoms with van der Waals surface area (Å²) in [4.78, 5) is 32.9. The van der Waals surface area contributed by atoms with Gasteiger partial charge in [-0.2, -0.15) is 0 Å². The molecule has 0 saturated heterocycles. The second-order valence-electron chi connectivity index (χ2n) is 6.27. The Balaban J connectivity index is 1.92. The van der Waals surface area contributed by atoms with Gasteiger partial charge in [-0.1, -0.05) is 32.5 Å². The molecule has 6 nitrogen and oxygen atoms in total. The predicted molar refractivity (Wildman–Crippen MR) is 99.8 cm³/mol. The van der Waals surface area contributed by atoms with Crippen LogP contribution in [0.5, 0.6) is 0 Å². The molecule has 0 fully saturated rings. The van der Waals surface area contributed by atoms with Gasteiger partial charge in [0.05, 0.1) is 17.4 Å². The number of nitrogens with zero attached hydrogens (tertiary/aromatic N) is 2. The zero-order valence-electron chi connectivity index (χ0n) is 14.0. The fourth-order valence-corrected chi connectivity index (χ4v) is 4.46. The normalized spacial score (nSPS) is 12.8. The summed E-state index contributed by atoms with van der Waals surface area (Å²) in [6.07, 6.45) is 1.97. The van der Waals surface area contributed by atoms with Crippen LogP contribution in [0.3, 0.4) is 0 Å². The molecule has 0 aliphatic rings.